The Morgan fingerprint density at radius 3 is 2.85 bits per heavy atom. The number of allylic oxidation sites excluding steroid dienone is 1. The van der Waals surface area contributed by atoms with E-state index in [9.17, 15) is 15.2 Å². The Morgan fingerprint density at radius 1 is 1.60 bits per heavy atom. The summed E-state index contributed by atoms with van der Waals surface area (Å²) in [5.41, 5.74) is 0.150. The van der Waals surface area contributed by atoms with Crippen molar-refractivity contribution in [2.45, 2.75) is 25.9 Å². The summed E-state index contributed by atoms with van der Waals surface area (Å²) in [6.07, 6.45) is 10.5. The number of pyridine rings is 1. The Bertz CT molecular complexity index is 618. The van der Waals surface area contributed by atoms with Crippen LogP contribution in [0.4, 0.5) is 5.69 Å². The van der Waals surface area contributed by atoms with Gasteiger partial charge in [0.1, 0.15) is 11.8 Å². The van der Waals surface area contributed by atoms with Crippen molar-refractivity contribution < 1.29 is 10.0 Å². The summed E-state index contributed by atoms with van der Waals surface area (Å²) in [5.74, 6) is 2.02. The summed E-state index contributed by atoms with van der Waals surface area (Å²) in [7, 11) is 0. The average Bonchev–Trinajstić information content (AvgIpc) is 2.44. The number of nitro groups is 1. The molecule has 1 aromatic heterocycles. The maximum atomic E-state index is 11.1. The van der Waals surface area contributed by atoms with Gasteiger partial charge in [-0.2, -0.15) is 0 Å². The van der Waals surface area contributed by atoms with Gasteiger partial charge in [-0.15, -0.1) is 6.42 Å². The number of terminal acetylenes is 1. The fourth-order valence-electron chi connectivity index (χ4n) is 2.71. The highest BCUT2D eigenvalue weighted by Crippen LogP contribution is 2.42. The van der Waals surface area contributed by atoms with E-state index in [1.807, 2.05) is 19.9 Å². The molecular formula is C15H16N2O3. The molecule has 1 N–H and O–H groups in total. The van der Waals surface area contributed by atoms with E-state index in [4.69, 9.17) is 6.42 Å². The first-order valence-corrected chi connectivity index (χ1v) is 6.39. The zero-order valence-corrected chi connectivity index (χ0v) is 11.4. The molecule has 0 saturated carbocycles. The van der Waals surface area contributed by atoms with Gasteiger partial charge in [0.2, 0.25) is 0 Å². The zero-order chi connectivity index (χ0) is 14.9. The monoisotopic (exact) mass is 272 g/mol. The topological polar surface area (TPSA) is 76.3 Å². The molecule has 0 bridgehead atoms. The molecule has 1 aromatic rings. The maximum Gasteiger partial charge on any atom is 0.294 e. The van der Waals surface area contributed by atoms with Crippen molar-refractivity contribution in [2.24, 2.45) is 11.8 Å². The Labute approximate surface area is 117 Å². The first-order chi connectivity index (χ1) is 9.40. The molecule has 1 aliphatic rings. The third-order valence-corrected chi connectivity index (χ3v) is 4.00. The van der Waals surface area contributed by atoms with Crippen LogP contribution in [0.3, 0.4) is 0 Å². The lowest BCUT2D eigenvalue weighted by atomic mass is 9.70. The van der Waals surface area contributed by atoms with Crippen molar-refractivity contribution in [3.63, 3.8) is 0 Å². The molecule has 0 unspecified atom stereocenters. The molecule has 104 valence electrons. The molecule has 0 radical (unpaired) electrons. The predicted molar refractivity (Wildman–Crippen MR) is 75.6 cm³/mol. The third kappa shape index (κ3) is 2.19. The van der Waals surface area contributed by atoms with Crippen LogP contribution in [0, 0.1) is 34.3 Å². The summed E-state index contributed by atoms with van der Waals surface area (Å²) in [4.78, 5) is 14.4. The van der Waals surface area contributed by atoms with E-state index >= 15 is 0 Å². The van der Waals surface area contributed by atoms with Gasteiger partial charge in [-0.05, 0) is 18.1 Å². The summed E-state index contributed by atoms with van der Waals surface area (Å²) in [5, 5.41) is 21.5. The second kappa shape index (κ2) is 5.06. The number of aliphatic hydroxyl groups is 1. The highest BCUT2D eigenvalue weighted by molar-refractivity contribution is 5.73. The fraction of sp³-hybridized carbons (Fsp3) is 0.400. The highest BCUT2D eigenvalue weighted by atomic mass is 16.6. The van der Waals surface area contributed by atoms with Gasteiger partial charge in [-0.1, -0.05) is 25.8 Å². The first-order valence-electron chi connectivity index (χ1n) is 6.39. The van der Waals surface area contributed by atoms with Crippen molar-refractivity contribution in [1.82, 2.24) is 4.98 Å². The minimum Gasteiger partial charge on any atom is -0.377 e. The van der Waals surface area contributed by atoms with Crippen molar-refractivity contribution in [2.75, 3.05) is 0 Å². The Balaban J connectivity index is 2.49. The molecule has 5 nitrogen and oxygen atoms in total. The predicted octanol–water partition coefficient (Wildman–Crippen LogP) is 2.41. The van der Waals surface area contributed by atoms with Gasteiger partial charge < -0.3 is 5.11 Å². The lowest BCUT2D eigenvalue weighted by Crippen LogP contribution is -2.43. The molecule has 3 atom stereocenters. The molecule has 2 rings (SSSR count). The van der Waals surface area contributed by atoms with Gasteiger partial charge in [0.15, 0.2) is 0 Å². The van der Waals surface area contributed by atoms with E-state index < -0.39 is 10.5 Å². The van der Waals surface area contributed by atoms with E-state index in [1.54, 1.807) is 6.07 Å². The maximum absolute atomic E-state index is 11.1. The van der Waals surface area contributed by atoms with E-state index in [2.05, 4.69) is 10.9 Å². The highest BCUT2D eigenvalue weighted by Gasteiger charge is 2.41. The van der Waals surface area contributed by atoms with Crippen molar-refractivity contribution in [1.29, 1.82) is 0 Å². The van der Waals surface area contributed by atoms with Crippen molar-refractivity contribution >= 4 is 11.3 Å². The average molecular weight is 272 g/mol. The van der Waals surface area contributed by atoms with Gasteiger partial charge >= 0.3 is 0 Å². The minimum absolute atomic E-state index is 0.0238. The summed E-state index contributed by atoms with van der Waals surface area (Å²) < 4.78 is 0. The second-order valence-electron chi connectivity index (χ2n) is 5.21. The van der Waals surface area contributed by atoms with Crippen molar-refractivity contribution in [3.8, 4) is 12.3 Å². The molecule has 0 aromatic carbocycles. The van der Waals surface area contributed by atoms with Gasteiger partial charge in [0.25, 0.3) is 5.69 Å². The SMILES string of the molecule is C#C[C@]1(O)[C@H](C)C=C(c2ccncc2[N+](=O)[O-])C[C@@H]1C. The molecule has 1 aliphatic carbocycles. The molecule has 0 amide bonds. The Morgan fingerprint density at radius 2 is 2.30 bits per heavy atom. The molecule has 0 spiro atoms. The number of hydrogen-bond acceptors (Lipinski definition) is 4. The van der Waals surface area contributed by atoms with Gasteiger partial charge in [-0.25, -0.2) is 0 Å². The number of hydrogen-bond donors (Lipinski definition) is 1. The van der Waals surface area contributed by atoms with E-state index in [-0.39, 0.29) is 17.5 Å². The quantitative estimate of drug-likeness (QED) is 0.509. The molecule has 1 heterocycles. The van der Waals surface area contributed by atoms with Gasteiger partial charge in [-0.3, -0.25) is 15.1 Å². The first kappa shape index (κ1) is 14.2. The molecular weight excluding hydrogens is 256 g/mol. The normalized spacial score (nSPS) is 29.4. The van der Waals surface area contributed by atoms with Crippen LogP contribution in [0.2, 0.25) is 0 Å². The van der Waals surface area contributed by atoms with E-state index in [0.29, 0.717) is 12.0 Å². The molecule has 0 fully saturated rings. The molecule has 0 aliphatic heterocycles. The van der Waals surface area contributed by atoms with Crippen LogP contribution in [0.25, 0.3) is 5.57 Å². The van der Waals surface area contributed by atoms with Crippen LogP contribution in [0.5, 0.6) is 0 Å². The Hall–Kier alpha value is -2.19. The van der Waals surface area contributed by atoms with Gasteiger partial charge in [0.05, 0.1) is 10.5 Å². The number of rotatable bonds is 2. The lowest BCUT2D eigenvalue weighted by Gasteiger charge is -2.38. The van der Waals surface area contributed by atoms with Crippen LogP contribution in [0.1, 0.15) is 25.8 Å². The molecule has 20 heavy (non-hydrogen) atoms. The van der Waals surface area contributed by atoms with Crippen LogP contribution >= 0.6 is 0 Å². The van der Waals surface area contributed by atoms with Crippen LogP contribution in [-0.2, 0) is 0 Å². The second-order valence-corrected chi connectivity index (χ2v) is 5.21. The standard InChI is InChI=1S/C15H16N2O3/c1-4-15(18)10(2)7-12(8-11(15)3)13-5-6-16-9-14(13)17(19)20/h1,5-7,9-11,18H,8H2,2-3H3/t10-,11+,15+/m1/s1. The summed E-state index contributed by atoms with van der Waals surface area (Å²) >= 11 is 0. The minimum atomic E-state index is -1.20. The smallest absolute Gasteiger partial charge is 0.294 e. The van der Waals surface area contributed by atoms with Crippen LogP contribution in [-0.4, -0.2) is 20.6 Å². The van der Waals surface area contributed by atoms with Crippen molar-refractivity contribution in [3.05, 3.63) is 40.2 Å². The van der Waals surface area contributed by atoms with Gasteiger partial charge in [0, 0.05) is 18.0 Å². The van der Waals surface area contributed by atoms with Crippen LogP contribution < -0.4 is 0 Å². The third-order valence-electron chi connectivity index (χ3n) is 4.00. The lowest BCUT2D eigenvalue weighted by molar-refractivity contribution is -0.385. The Kier molecular flexibility index (Phi) is 3.60. The number of aromatic nitrogens is 1. The summed E-state index contributed by atoms with van der Waals surface area (Å²) in [6.45, 7) is 3.68. The molecule has 0 saturated heterocycles. The number of nitrogens with zero attached hydrogens (tertiary/aromatic N) is 2. The fourth-order valence-corrected chi connectivity index (χ4v) is 2.71. The summed E-state index contributed by atoms with van der Waals surface area (Å²) in [6, 6.07) is 1.63. The van der Waals surface area contributed by atoms with Crippen LogP contribution in [0.15, 0.2) is 24.5 Å². The zero-order valence-electron chi connectivity index (χ0n) is 11.4. The van der Waals surface area contributed by atoms with E-state index in [0.717, 1.165) is 5.57 Å². The van der Waals surface area contributed by atoms with E-state index in [1.165, 1.54) is 12.4 Å². The largest absolute Gasteiger partial charge is 0.377 e. The molecule has 5 heteroatoms.